The van der Waals surface area contributed by atoms with E-state index in [-0.39, 0.29) is 4.90 Å². The van der Waals surface area contributed by atoms with Gasteiger partial charge in [0.1, 0.15) is 0 Å². The third-order valence-electron chi connectivity index (χ3n) is 3.78. The second kappa shape index (κ2) is 6.58. The number of hydrogen-bond donors (Lipinski definition) is 1. The molecule has 0 aliphatic rings. The molecule has 0 spiro atoms. The fourth-order valence-corrected chi connectivity index (χ4v) is 3.97. The zero-order valence-corrected chi connectivity index (χ0v) is 13.9. The zero-order valence-electron chi connectivity index (χ0n) is 13.1. The molecule has 1 N–H and O–H groups in total. The summed E-state index contributed by atoms with van der Waals surface area (Å²) in [7, 11) is -3.65. The van der Waals surface area contributed by atoms with Gasteiger partial charge in [-0.3, -0.25) is 9.97 Å². The predicted molar refractivity (Wildman–Crippen MR) is 89.2 cm³/mol. The minimum absolute atomic E-state index is 0.128. The Kier molecular flexibility index (Phi) is 4.50. The molecule has 2 heterocycles. The zero-order chi connectivity index (χ0) is 17.2. The molecule has 0 saturated heterocycles. The van der Waals surface area contributed by atoms with E-state index in [9.17, 15) is 13.2 Å². The molecule has 0 fully saturated rings. The van der Waals surface area contributed by atoms with Crippen LogP contribution in [-0.2, 0) is 16.4 Å². The third kappa shape index (κ3) is 3.24. The average molecular weight is 347 g/mol. The summed E-state index contributed by atoms with van der Waals surface area (Å²) in [6.07, 6.45) is 3.97. The van der Waals surface area contributed by atoms with Crippen LogP contribution in [0.5, 0.6) is 0 Å². The van der Waals surface area contributed by atoms with Gasteiger partial charge in [0.2, 0.25) is 10.0 Å². The second-order valence-electron chi connectivity index (χ2n) is 5.27. The van der Waals surface area contributed by atoms with E-state index in [0.29, 0.717) is 30.6 Å². The first-order valence-electron chi connectivity index (χ1n) is 7.52. The highest BCUT2D eigenvalue weighted by Gasteiger charge is 2.23. The van der Waals surface area contributed by atoms with Crippen LogP contribution in [0.4, 0.5) is 0 Å². The van der Waals surface area contributed by atoms with Crippen LogP contribution in [0.25, 0.3) is 11.1 Å². The Morgan fingerprint density at radius 2 is 1.96 bits per heavy atom. The van der Waals surface area contributed by atoms with Crippen LogP contribution in [0, 0.1) is 0 Å². The van der Waals surface area contributed by atoms with Crippen molar-refractivity contribution in [2.24, 2.45) is 0 Å². The van der Waals surface area contributed by atoms with E-state index in [2.05, 4.69) is 9.97 Å². The monoisotopic (exact) mass is 347 g/mol. The minimum Gasteiger partial charge on any atom is -0.408 e. The smallest absolute Gasteiger partial charge is 0.408 e. The van der Waals surface area contributed by atoms with Crippen molar-refractivity contribution in [3.05, 3.63) is 58.8 Å². The molecule has 0 unspecified atom stereocenters. The maximum atomic E-state index is 12.8. The summed E-state index contributed by atoms with van der Waals surface area (Å²) in [5, 5.41) is 0. The molecule has 126 valence electrons. The van der Waals surface area contributed by atoms with Crippen LogP contribution in [0.3, 0.4) is 0 Å². The minimum atomic E-state index is -3.65. The lowest BCUT2D eigenvalue weighted by Crippen LogP contribution is -2.32. The standard InChI is InChI=1S/C16H17N3O4S/c1-2-19(10-7-12-5-8-17-9-6-12)24(21,22)13-3-4-15-14(11-13)18-16(20)23-15/h3-6,8-9,11H,2,7,10H2,1H3,(H,18,20). The number of rotatable bonds is 6. The van der Waals surface area contributed by atoms with Gasteiger partial charge < -0.3 is 4.42 Å². The number of nitrogens with zero attached hydrogens (tertiary/aromatic N) is 2. The van der Waals surface area contributed by atoms with Crippen molar-refractivity contribution in [3.63, 3.8) is 0 Å². The topological polar surface area (TPSA) is 96.3 Å². The van der Waals surface area contributed by atoms with Crippen LogP contribution in [0.2, 0.25) is 0 Å². The summed E-state index contributed by atoms with van der Waals surface area (Å²) in [5.41, 5.74) is 1.72. The fourth-order valence-electron chi connectivity index (χ4n) is 2.49. The number of fused-ring (bicyclic) bond motifs is 1. The molecule has 0 amide bonds. The van der Waals surface area contributed by atoms with Gasteiger partial charge in [-0.25, -0.2) is 13.2 Å². The number of benzene rings is 1. The molecule has 0 aliphatic heterocycles. The Hall–Kier alpha value is -2.45. The van der Waals surface area contributed by atoms with Crippen LogP contribution in [0.1, 0.15) is 12.5 Å². The van der Waals surface area contributed by atoms with E-state index in [1.807, 2.05) is 12.1 Å². The van der Waals surface area contributed by atoms with Gasteiger partial charge in [-0.1, -0.05) is 6.92 Å². The van der Waals surface area contributed by atoms with Crippen molar-refractivity contribution in [2.45, 2.75) is 18.2 Å². The molecule has 24 heavy (non-hydrogen) atoms. The molecule has 0 aliphatic carbocycles. The third-order valence-corrected chi connectivity index (χ3v) is 5.75. The molecule has 3 aromatic rings. The lowest BCUT2D eigenvalue weighted by molar-refractivity contribution is 0.431. The van der Waals surface area contributed by atoms with Crippen molar-refractivity contribution in [2.75, 3.05) is 13.1 Å². The Bertz CT molecular complexity index is 993. The Morgan fingerprint density at radius 1 is 1.21 bits per heavy atom. The van der Waals surface area contributed by atoms with Gasteiger partial charge in [-0.05, 0) is 42.3 Å². The van der Waals surface area contributed by atoms with Gasteiger partial charge in [-0.15, -0.1) is 0 Å². The summed E-state index contributed by atoms with van der Waals surface area (Å²) in [5.74, 6) is -0.607. The quantitative estimate of drug-likeness (QED) is 0.733. The number of sulfonamides is 1. The number of H-pyrrole nitrogens is 1. The van der Waals surface area contributed by atoms with E-state index >= 15 is 0 Å². The molecule has 0 atom stereocenters. The molecule has 0 bridgehead atoms. The maximum absolute atomic E-state index is 12.8. The highest BCUT2D eigenvalue weighted by atomic mass is 32.2. The number of aromatic amines is 1. The van der Waals surface area contributed by atoms with Gasteiger partial charge in [0.15, 0.2) is 5.58 Å². The number of pyridine rings is 1. The Morgan fingerprint density at radius 3 is 2.67 bits per heavy atom. The van der Waals surface area contributed by atoms with Crippen molar-refractivity contribution in [1.29, 1.82) is 0 Å². The number of oxazole rings is 1. The van der Waals surface area contributed by atoms with Gasteiger partial charge in [0, 0.05) is 25.5 Å². The van der Waals surface area contributed by atoms with Gasteiger partial charge >= 0.3 is 5.76 Å². The summed E-state index contributed by atoms with van der Waals surface area (Å²) >= 11 is 0. The van der Waals surface area contributed by atoms with Crippen molar-refractivity contribution < 1.29 is 12.8 Å². The SMILES string of the molecule is CCN(CCc1ccncc1)S(=O)(=O)c1ccc2oc(=O)[nH]c2c1. The largest absolute Gasteiger partial charge is 0.417 e. The number of hydrogen-bond acceptors (Lipinski definition) is 5. The van der Waals surface area contributed by atoms with E-state index < -0.39 is 15.8 Å². The Balaban J connectivity index is 1.86. The number of aromatic nitrogens is 2. The van der Waals surface area contributed by atoms with Gasteiger partial charge in [0.05, 0.1) is 10.4 Å². The highest BCUT2D eigenvalue weighted by molar-refractivity contribution is 7.89. The summed E-state index contributed by atoms with van der Waals surface area (Å²) in [6.45, 7) is 2.51. The van der Waals surface area contributed by atoms with Crippen molar-refractivity contribution in [3.8, 4) is 0 Å². The molecule has 8 heteroatoms. The first-order chi connectivity index (χ1) is 11.5. The molecule has 3 rings (SSSR count). The summed E-state index contributed by atoms with van der Waals surface area (Å²) in [4.78, 5) is 17.8. The highest BCUT2D eigenvalue weighted by Crippen LogP contribution is 2.20. The fraction of sp³-hybridized carbons (Fsp3) is 0.250. The lowest BCUT2D eigenvalue weighted by Gasteiger charge is -2.20. The molecule has 2 aromatic heterocycles. The summed E-state index contributed by atoms with van der Waals surface area (Å²) in [6, 6.07) is 8.08. The normalized spacial score (nSPS) is 12.1. The lowest BCUT2D eigenvalue weighted by atomic mass is 10.2. The molecular formula is C16H17N3O4S. The van der Waals surface area contributed by atoms with Crippen LogP contribution < -0.4 is 5.76 Å². The van der Waals surface area contributed by atoms with Crippen LogP contribution >= 0.6 is 0 Å². The van der Waals surface area contributed by atoms with E-state index in [0.717, 1.165) is 5.56 Å². The molecule has 1 aromatic carbocycles. The molecule has 7 nitrogen and oxygen atoms in total. The van der Waals surface area contributed by atoms with E-state index in [1.165, 1.54) is 22.5 Å². The average Bonchev–Trinajstić information content (AvgIpc) is 2.95. The van der Waals surface area contributed by atoms with Gasteiger partial charge in [-0.2, -0.15) is 4.31 Å². The van der Waals surface area contributed by atoms with Crippen LogP contribution in [0.15, 0.2) is 56.8 Å². The predicted octanol–water partition coefficient (Wildman–Crippen LogP) is 1.77. The first kappa shape index (κ1) is 16.4. The molecular weight excluding hydrogens is 330 g/mol. The first-order valence-corrected chi connectivity index (χ1v) is 8.96. The Labute approximate surface area is 139 Å². The van der Waals surface area contributed by atoms with E-state index in [4.69, 9.17) is 4.42 Å². The van der Waals surface area contributed by atoms with Crippen LogP contribution in [-0.4, -0.2) is 35.8 Å². The maximum Gasteiger partial charge on any atom is 0.417 e. The molecule has 0 saturated carbocycles. The number of nitrogens with one attached hydrogen (secondary N) is 1. The van der Waals surface area contributed by atoms with Crippen molar-refractivity contribution >= 4 is 21.1 Å². The van der Waals surface area contributed by atoms with Gasteiger partial charge in [0.25, 0.3) is 0 Å². The molecule has 0 radical (unpaired) electrons. The van der Waals surface area contributed by atoms with E-state index in [1.54, 1.807) is 19.3 Å². The van der Waals surface area contributed by atoms with Crippen molar-refractivity contribution in [1.82, 2.24) is 14.3 Å². The number of likely N-dealkylation sites (N-methyl/N-ethyl adjacent to an activating group) is 1. The second-order valence-corrected chi connectivity index (χ2v) is 7.21. The summed E-state index contributed by atoms with van der Waals surface area (Å²) < 4.78 is 32.0.